The van der Waals surface area contributed by atoms with Crippen molar-refractivity contribution < 1.29 is 4.79 Å². The van der Waals surface area contributed by atoms with Gasteiger partial charge in [0.05, 0.1) is 0 Å². The van der Waals surface area contributed by atoms with Crippen LogP contribution in [0.25, 0.3) is 11.1 Å². The highest BCUT2D eigenvalue weighted by Gasteiger charge is 2.11. The van der Waals surface area contributed by atoms with Crippen LogP contribution in [-0.2, 0) is 4.79 Å². The molecule has 0 saturated heterocycles. The Labute approximate surface area is 125 Å². The summed E-state index contributed by atoms with van der Waals surface area (Å²) in [6, 6.07) is 14.5. The van der Waals surface area contributed by atoms with E-state index in [1.807, 2.05) is 26.1 Å². The van der Waals surface area contributed by atoms with Crippen LogP contribution in [0.5, 0.6) is 0 Å². The molecule has 110 valence electrons. The van der Waals surface area contributed by atoms with Gasteiger partial charge in [0.25, 0.3) is 0 Å². The van der Waals surface area contributed by atoms with Gasteiger partial charge < -0.3 is 5.32 Å². The van der Waals surface area contributed by atoms with Crippen LogP contribution in [0.2, 0.25) is 0 Å². The predicted octanol–water partition coefficient (Wildman–Crippen LogP) is 3.02. The smallest absolute Gasteiger partial charge is 0.211 e. The lowest BCUT2D eigenvalue weighted by molar-refractivity contribution is -0.105. The van der Waals surface area contributed by atoms with Gasteiger partial charge in [-0.3, -0.25) is 15.6 Å². The fourth-order valence-electron chi connectivity index (χ4n) is 2.34. The van der Waals surface area contributed by atoms with Crippen LogP contribution >= 0.6 is 0 Å². The van der Waals surface area contributed by atoms with E-state index in [4.69, 9.17) is 0 Å². The number of hydrogen-bond donors (Lipinski definition) is 3. The van der Waals surface area contributed by atoms with E-state index in [1.54, 1.807) is 0 Å². The lowest BCUT2D eigenvalue weighted by Gasteiger charge is -2.18. The molecule has 0 heterocycles. The third-order valence-corrected chi connectivity index (χ3v) is 3.48. The number of hydrazine groups is 1. The van der Waals surface area contributed by atoms with Gasteiger partial charge in [0, 0.05) is 11.7 Å². The van der Waals surface area contributed by atoms with Crippen molar-refractivity contribution in [2.75, 3.05) is 12.4 Å². The van der Waals surface area contributed by atoms with E-state index in [-0.39, 0.29) is 6.04 Å². The first-order valence-corrected chi connectivity index (χ1v) is 6.99. The lowest BCUT2D eigenvalue weighted by atomic mass is 9.99. The summed E-state index contributed by atoms with van der Waals surface area (Å²) in [6.45, 7) is 4.10. The third kappa shape index (κ3) is 3.68. The molecule has 0 spiro atoms. The van der Waals surface area contributed by atoms with Gasteiger partial charge in [-0.1, -0.05) is 42.0 Å². The van der Waals surface area contributed by atoms with Crippen molar-refractivity contribution in [1.29, 1.82) is 0 Å². The van der Waals surface area contributed by atoms with E-state index in [0.717, 1.165) is 22.4 Å². The SMILES string of the molecule is CNNC(C)c1ccc(-c2ccc(C)cc2)cc1NC=O. The molecule has 0 aliphatic rings. The van der Waals surface area contributed by atoms with Gasteiger partial charge in [-0.05, 0) is 43.7 Å². The number of anilines is 1. The second-order valence-electron chi connectivity index (χ2n) is 5.05. The highest BCUT2D eigenvalue weighted by molar-refractivity contribution is 5.78. The molecule has 0 saturated carbocycles. The van der Waals surface area contributed by atoms with Crippen molar-refractivity contribution in [3.8, 4) is 11.1 Å². The van der Waals surface area contributed by atoms with Crippen molar-refractivity contribution in [3.05, 3.63) is 53.6 Å². The standard InChI is InChI=1S/C17H21N3O/c1-12-4-6-14(7-5-12)15-8-9-16(13(2)20-18-3)17(10-15)19-11-21/h4-11,13,18,20H,1-3H3,(H,19,21). The molecule has 0 bridgehead atoms. The topological polar surface area (TPSA) is 53.2 Å². The Morgan fingerprint density at radius 1 is 1.05 bits per heavy atom. The number of hydrogen-bond acceptors (Lipinski definition) is 3. The lowest BCUT2D eigenvalue weighted by Crippen LogP contribution is -2.30. The van der Waals surface area contributed by atoms with E-state index in [2.05, 4.69) is 53.4 Å². The molecular weight excluding hydrogens is 262 g/mol. The highest BCUT2D eigenvalue weighted by atomic mass is 16.1. The first-order chi connectivity index (χ1) is 10.2. The Bertz CT molecular complexity index is 608. The number of carbonyl (C=O) groups excluding carboxylic acids is 1. The average molecular weight is 283 g/mol. The van der Waals surface area contributed by atoms with Crippen LogP contribution in [-0.4, -0.2) is 13.5 Å². The number of nitrogens with one attached hydrogen (secondary N) is 3. The fraction of sp³-hybridized carbons (Fsp3) is 0.235. The van der Waals surface area contributed by atoms with Gasteiger partial charge in [0.1, 0.15) is 0 Å². The molecule has 4 nitrogen and oxygen atoms in total. The minimum absolute atomic E-state index is 0.0875. The van der Waals surface area contributed by atoms with Crippen LogP contribution < -0.4 is 16.2 Å². The minimum Gasteiger partial charge on any atom is -0.328 e. The predicted molar refractivity (Wildman–Crippen MR) is 86.9 cm³/mol. The van der Waals surface area contributed by atoms with E-state index < -0.39 is 0 Å². The van der Waals surface area contributed by atoms with Gasteiger partial charge in [0.15, 0.2) is 0 Å². The van der Waals surface area contributed by atoms with Crippen molar-refractivity contribution in [2.45, 2.75) is 19.9 Å². The summed E-state index contributed by atoms with van der Waals surface area (Å²) in [5, 5.41) is 2.79. The fourth-order valence-corrected chi connectivity index (χ4v) is 2.34. The molecule has 2 aromatic carbocycles. The van der Waals surface area contributed by atoms with Crippen LogP contribution in [0.4, 0.5) is 5.69 Å². The van der Waals surface area contributed by atoms with Gasteiger partial charge in [-0.2, -0.15) is 0 Å². The van der Waals surface area contributed by atoms with E-state index in [1.165, 1.54) is 5.56 Å². The number of benzene rings is 2. The molecule has 0 aliphatic carbocycles. The first kappa shape index (κ1) is 15.2. The summed E-state index contributed by atoms with van der Waals surface area (Å²) in [7, 11) is 1.82. The molecule has 4 heteroatoms. The molecule has 0 aromatic heterocycles. The first-order valence-electron chi connectivity index (χ1n) is 6.99. The van der Waals surface area contributed by atoms with Crippen molar-refractivity contribution in [3.63, 3.8) is 0 Å². The Hall–Kier alpha value is -2.17. The number of rotatable bonds is 6. The summed E-state index contributed by atoms with van der Waals surface area (Å²) in [5.74, 6) is 0. The molecule has 0 radical (unpaired) electrons. The molecule has 2 rings (SSSR count). The highest BCUT2D eigenvalue weighted by Crippen LogP contribution is 2.29. The molecule has 1 amide bonds. The number of carbonyl (C=O) groups is 1. The summed E-state index contributed by atoms with van der Waals surface area (Å²) >= 11 is 0. The summed E-state index contributed by atoms with van der Waals surface area (Å²) in [6.07, 6.45) is 0.712. The third-order valence-electron chi connectivity index (χ3n) is 3.48. The Morgan fingerprint density at radius 3 is 2.33 bits per heavy atom. The Kier molecular flexibility index (Phi) is 5.09. The molecule has 1 unspecified atom stereocenters. The van der Waals surface area contributed by atoms with Crippen LogP contribution in [0, 0.1) is 6.92 Å². The van der Waals surface area contributed by atoms with Gasteiger partial charge in [0.2, 0.25) is 6.41 Å². The van der Waals surface area contributed by atoms with Crippen LogP contribution in [0.1, 0.15) is 24.1 Å². The maximum atomic E-state index is 10.9. The molecule has 21 heavy (non-hydrogen) atoms. The van der Waals surface area contributed by atoms with Crippen LogP contribution in [0.15, 0.2) is 42.5 Å². The zero-order chi connectivity index (χ0) is 15.2. The summed E-state index contributed by atoms with van der Waals surface area (Å²) in [5.41, 5.74) is 11.3. The number of aryl methyl sites for hydroxylation is 1. The second kappa shape index (κ2) is 7.02. The second-order valence-corrected chi connectivity index (χ2v) is 5.05. The van der Waals surface area contributed by atoms with E-state index in [9.17, 15) is 4.79 Å². The molecule has 2 aromatic rings. The summed E-state index contributed by atoms with van der Waals surface area (Å²) in [4.78, 5) is 10.9. The average Bonchev–Trinajstić information content (AvgIpc) is 2.48. The van der Waals surface area contributed by atoms with Crippen molar-refractivity contribution >= 4 is 12.1 Å². The molecule has 0 fully saturated rings. The zero-order valence-corrected chi connectivity index (χ0v) is 12.6. The Balaban J connectivity index is 2.39. The molecule has 1 atom stereocenters. The maximum Gasteiger partial charge on any atom is 0.211 e. The molecule has 3 N–H and O–H groups in total. The van der Waals surface area contributed by atoms with Crippen molar-refractivity contribution in [1.82, 2.24) is 10.9 Å². The molecular formula is C17H21N3O. The molecule has 0 aliphatic heterocycles. The van der Waals surface area contributed by atoms with E-state index >= 15 is 0 Å². The van der Waals surface area contributed by atoms with E-state index in [0.29, 0.717) is 6.41 Å². The number of amides is 1. The Morgan fingerprint density at radius 2 is 1.71 bits per heavy atom. The van der Waals surface area contributed by atoms with Gasteiger partial charge >= 0.3 is 0 Å². The minimum atomic E-state index is 0.0875. The van der Waals surface area contributed by atoms with Gasteiger partial charge in [-0.25, -0.2) is 0 Å². The monoisotopic (exact) mass is 283 g/mol. The van der Waals surface area contributed by atoms with Crippen molar-refractivity contribution in [2.24, 2.45) is 0 Å². The summed E-state index contributed by atoms with van der Waals surface area (Å²) < 4.78 is 0. The maximum absolute atomic E-state index is 10.9. The quantitative estimate of drug-likeness (QED) is 0.564. The normalized spacial score (nSPS) is 12.0. The van der Waals surface area contributed by atoms with Gasteiger partial charge in [-0.15, -0.1) is 0 Å². The van der Waals surface area contributed by atoms with Crippen LogP contribution in [0.3, 0.4) is 0 Å². The zero-order valence-electron chi connectivity index (χ0n) is 12.6. The largest absolute Gasteiger partial charge is 0.328 e.